The van der Waals surface area contributed by atoms with Gasteiger partial charge in [-0.1, -0.05) is 30.3 Å². The maximum Gasteiger partial charge on any atom is 0.325 e. The smallest absolute Gasteiger partial charge is 0.325 e. The number of imide groups is 1. The minimum absolute atomic E-state index is 0.0926. The van der Waals surface area contributed by atoms with E-state index in [-0.39, 0.29) is 36.4 Å². The molecule has 0 radical (unpaired) electrons. The summed E-state index contributed by atoms with van der Waals surface area (Å²) < 4.78 is 5.70. The van der Waals surface area contributed by atoms with Crippen molar-refractivity contribution in [1.29, 1.82) is 0 Å². The van der Waals surface area contributed by atoms with Crippen molar-refractivity contribution in [2.45, 2.75) is 50.7 Å². The number of amides is 4. The molecule has 0 spiro atoms. The van der Waals surface area contributed by atoms with Crippen molar-refractivity contribution >= 4 is 17.8 Å². The number of carbonyl (C=O) groups is 3. The van der Waals surface area contributed by atoms with Gasteiger partial charge in [0.05, 0.1) is 19.1 Å². The average molecular weight is 477 g/mol. The molecule has 5 rings (SSSR count). The number of ether oxygens (including phenoxy) is 1. The molecule has 3 saturated heterocycles. The zero-order valence-corrected chi connectivity index (χ0v) is 20.1. The van der Waals surface area contributed by atoms with Gasteiger partial charge in [-0.3, -0.25) is 19.5 Å². The Morgan fingerprint density at radius 2 is 1.94 bits per heavy atom. The quantitative estimate of drug-likeness (QED) is 0.648. The van der Waals surface area contributed by atoms with Gasteiger partial charge in [-0.15, -0.1) is 0 Å². The first-order chi connectivity index (χ1) is 17.0. The number of rotatable bonds is 6. The van der Waals surface area contributed by atoms with Gasteiger partial charge >= 0.3 is 6.03 Å². The van der Waals surface area contributed by atoms with E-state index in [0.717, 1.165) is 24.0 Å². The van der Waals surface area contributed by atoms with Crippen LogP contribution >= 0.6 is 0 Å². The standard InChI is InChI=1S/C27H32N4O4/c1-19-6-2-3-7-20(19)16-24(32)30-13-10-21(11-14-30)27(22-8-4-12-28-17-22)25(33)31(26(34)29-27)18-23-9-5-15-35-23/h2-4,6-8,12,17,21,23H,5,9-11,13-16,18H2,1H3,(H,29,34). The molecule has 8 nitrogen and oxygen atoms in total. The van der Waals surface area contributed by atoms with E-state index >= 15 is 0 Å². The molecule has 4 amide bonds. The molecule has 1 aromatic carbocycles. The third-order valence-electron chi connectivity index (χ3n) is 7.72. The van der Waals surface area contributed by atoms with Crippen molar-refractivity contribution in [2.24, 2.45) is 5.92 Å². The molecule has 2 unspecified atom stereocenters. The van der Waals surface area contributed by atoms with Crippen LogP contribution in [-0.4, -0.2) is 65.0 Å². The Morgan fingerprint density at radius 1 is 1.14 bits per heavy atom. The van der Waals surface area contributed by atoms with E-state index in [1.54, 1.807) is 18.5 Å². The molecule has 35 heavy (non-hydrogen) atoms. The van der Waals surface area contributed by atoms with E-state index < -0.39 is 5.54 Å². The number of carbonyl (C=O) groups excluding carboxylic acids is 3. The van der Waals surface area contributed by atoms with Gasteiger partial charge in [0.25, 0.3) is 5.91 Å². The molecule has 2 atom stereocenters. The van der Waals surface area contributed by atoms with Gasteiger partial charge in [-0.2, -0.15) is 0 Å². The maximum atomic E-state index is 13.9. The number of hydrogen-bond donors (Lipinski definition) is 1. The van der Waals surface area contributed by atoms with Crippen LogP contribution in [0.15, 0.2) is 48.8 Å². The molecule has 0 aliphatic carbocycles. The van der Waals surface area contributed by atoms with Crippen LogP contribution in [0.1, 0.15) is 42.4 Å². The van der Waals surface area contributed by atoms with E-state index in [4.69, 9.17) is 4.74 Å². The van der Waals surface area contributed by atoms with Crippen LogP contribution in [0.5, 0.6) is 0 Å². The van der Waals surface area contributed by atoms with Crippen molar-refractivity contribution in [3.05, 3.63) is 65.5 Å². The van der Waals surface area contributed by atoms with Crippen molar-refractivity contribution in [3.8, 4) is 0 Å². The van der Waals surface area contributed by atoms with Crippen LogP contribution in [0.4, 0.5) is 4.79 Å². The number of aromatic nitrogens is 1. The minimum atomic E-state index is -1.17. The van der Waals surface area contributed by atoms with Crippen LogP contribution in [0.3, 0.4) is 0 Å². The number of aryl methyl sites for hydroxylation is 1. The summed E-state index contributed by atoms with van der Waals surface area (Å²) in [5.74, 6) is -0.286. The van der Waals surface area contributed by atoms with E-state index in [1.165, 1.54) is 4.90 Å². The first-order valence-corrected chi connectivity index (χ1v) is 12.5. The second-order valence-electron chi connectivity index (χ2n) is 9.79. The summed E-state index contributed by atoms with van der Waals surface area (Å²) in [6.45, 7) is 4.04. The van der Waals surface area contributed by atoms with E-state index in [9.17, 15) is 14.4 Å². The predicted octanol–water partition coefficient (Wildman–Crippen LogP) is 2.80. The summed E-state index contributed by atoms with van der Waals surface area (Å²) in [4.78, 5) is 47.4. The largest absolute Gasteiger partial charge is 0.376 e. The zero-order chi connectivity index (χ0) is 24.4. The highest BCUT2D eigenvalue weighted by molar-refractivity contribution is 6.07. The molecular formula is C27H32N4O4. The highest BCUT2D eigenvalue weighted by Crippen LogP contribution is 2.41. The fourth-order valence-corrected chi connectivity index (χ4v) is 5.70. The van der Waals surface area contributed by atoms with Crippen molar-refractivity contribution in [2.75, 3.05) is 26.2 Å². The van der Waals surface area contributed by atoms with Crippen LogP contribution in [0, 0.1) is 12.8 Å². The third-order valence-corrected chi connectivity index (χ3v) is 7.72. The highest BCUT2D eigenvalue weighted by Gasteiger charge is 2.57. The fourth-order valence-electron chi connectivity index (χ4n) is 5.70. The Morgan fingerprint density at radius 3 is 2.63 bits per heavy atom. The minimum Gasteiger partial charge on any atom is -0.376 e. The van der Waals surface area contributed by atoms with Crippen LogP contribution in [0.2, 0.25) is 0 Å². The van der Waals surface area contributed by atoms with Gasteiger partial charge in [0.15, 0.2) is 5.54 Å². The lowest BCUT2D eigenvalue weighted by Crippen LogP contribution is -2.54. The maximum absolute atomic E-state index is 13.9. The number of benzene rings is 1. The number of pyridine rings is 1. The molecule has 3 aliphatic heterocycles. The number of piperidine rings is 1. The van der Waals surface area contributed by atoms with Crippen molar-refractivity contribution < 1.29 is 19.1 Å². The topological polar surface area (TPSA) is 91.8 Å². The summed E-state index contributed by atoms with van der Waals surface area (Å²) >= 11 is 0. The zero-order valence-electron chi connectivity index (χ0n) is 20.1. The molecule has 8 heteroatoms. The average Bonchev–Trinajstić information content (AvgIpc) is 3.49. The monoisotopic (exact) mass is 476 g/mol. The van der Waals surface area contributed by atoms with Gasteiger partial charge in [-0.25, -0.2) is 4.79 Å². The lowest BCUT2D eigenvalue weighted by molar-refractivity contribution is -0.137. The first-order valence-electron chi connectivity index (χ1n) is 12.5. The van der Waals surface area contributed by atoms with Gasteiger partial charge in [0.1, 0.15) is 0 Å². The Labute approximate surface area is 205 Å². The summed E-state index contributed by atoms with van der Waals surface area (Å²) in [5.41, 5.74) is 1.67. The third kappa shape index (κ3) is 4.43. The van der Waals surface area contributed by atoms with Crippen LogP contribution in [-0.2, 0) is 26.3 Å². The Kier molecular flexibility index (Phi) is 6.56. The number of likely N-dealkylation sites (tertiary alicyclic amines) is 1. The Hall–Kier alpha value is -3.26. The number of nitrogens with zero attached hydrogens (tertiary/aromatic N) is 3. The van der Waals surface area contributed by atoms with Gasteiger partial charge in [0, 0.05) is 37.7 Å². The van der Waals surface area contributed by atoms with Crippen molar-refractivity contribution in [3.63, 3.8) is 0 Å². The normalized spacial score (nSPS) is 25.2. The van der Waals surface area contributed by atoms with Gasteiger partial charge in [-0.05, 0) is 55.7 Å². The molecule has 1 aromatic heterocycles. The molecule has 184 valence electrons. The molecular weight excluding hydrogens is 444 g/mol. The first kappa shape index (κ1) is 23.5. The highest BCUT2D eigenvalue weighted by atomic mass is 16.5. The summed E-state index contributed by atoms with van der Waals surface area (Å²) in [5, 5.41) is 3.06. The number of hydrogen-bond acceptors (Lipinski definition) is 5. The lowest BCUT2D eigenvalue weighted by Gasteiger charge is -2.41. The lowest BCUT2D eigenvalue weighted by atomic mass is 9.73. The molecule has 3 fully saturated rings. The second-order valence-corrected chi connectivity index (χ2v) is 9.79. The number of urea groups is 1. The van der Waals surface area contributed by atoms with Crippen LogP contribution in [0.25, 0.3) is 0 Å². The van der Waals surface area contributed by atoms with Gasteiger partial charge in [0.2, 0.25) is 5.91 Å². The van der Waals surface area contributed by atoms with E-state index in [2.05, 4.69) is 10.3 Å². The Bertz CT molecular complexity index is 1090. The fraction of sp³-hybridized carbons (Fsp3) is 0.481. The molecule has 3 aliphatic rings. The van der Waals surface area contributed by atoms with E-state index in [1.807, 2.05) is 42.2 Å². The predicted molar refractivity (Wildman–Crippen MR) is 129 cm³/mol. The van der Waals surface area contributed by atoms with Crippen LogP contribution < -0.4 is 5.32 Å². The number of nitrogens with one attached hydrogen (secondary N) is 1. The van der Waals surface area contributed by atoms with Gasteiger partial charge < -0.3 is 15.0 Å². The van der Waals surface area contributed by atoms with Crippen molar-refractivity contribution in [1.82, 2.24) is 20.1 Å². The summed E-state index contributed by atoms with van der Waals surface area (Å²) in [6, 6.07) is 11.2. The molecule has 1 N–H and O–H groups in total. The molecule has 2 aromatic rings. The summed E-state index contributed by atoms with van der Waals surface area (Å²) in [6.07, 6.45) is 6.61. The SMILES string of the molecule is Cc1ccccc1CC(=O)N1CCC(C2(c3cccnc3)NC(=O)N(CC3CCCO3)C2=O)CC1. The Balaban J connectivity index is 1.34. The summed E-state index contributed by atoms with van der Waals surface area (Å²) in [7, 11) is 0. The molecule has 0 saturated carbocycles. The molecule has 4 heterocycles. The second kappa shape index (κ2) is 9.77. The molecule has 0 bridgehead atoms. The van der Waals surface area contributed by atoms with E-state index in [0.29, 0.717) is 44.5 Å².